The minimum absolute atomic E-state index is 0.0443. The average molecular weight is 502 g/mol. The Kier molecular flexibility index (Phi) is 6.78. The van der Waals surface area contributed by atoms with Gasteiger partial charge < -0.3 is 23.9 Å². The number of ether oxygens (including phenoxy) is 2. The highest BCUT2D eigenvalue weighted by Gasteiger charge is 2.46. The number of rotatable bonds is 8. The standard InChI is InChI=1S/C30H31NO6/c1-18(2)11-13-36-23-7-4-6-20(16-23)27-26(29(33)30(34)31(27)17-24-8-5-12-35-24)28(32)21-9-10-25-22(15-21)14-19(3)37-25/h4-10,12,15-16,18-19,27,32H,11,13-14,17H2,1-3H3/b28-26-. The van der Waals surface area contributed by atoms with E-state index < -0.39 is 17.7 Å². The fourth-order valence-corrected chi connectivity index (χ4v) is 4.87. The molecule has 2 aliphatic heterocycles. The van der Waals surface area contributed by atoms with Crippen molar-refractivity contribution in [3.8, 4) is 11.5 Å². The minimum Gasteiger partial charge on any atom is -0.507 e. The number of hydrogen-bond acceptors (Lipinski definition) is 6. The van der Waals surface area contributed by atoms with Crippen molar-refractivity contribution in [2.45, 2.75) is 52.3 Å². The Bertz CT molecular complexity index is 1340. The summed E-state index contributed by atoms with van der Waals surface area (Å²) in [7, 11) is 0. The number of hydrogen-bond donors (Lipinski definition) is 1. The molecule has 2 atom stereocenters. The normalized spacial score (nSPS) is 20.4. The van der Waals surface area contributed by atoms with Gasteiger partial charge in [-0.2, -0.15) is 0 Å². The lowest BCUT2D eigenvalue weighted by Crippen LogP contribution is -2.29. The van der Waals surface area contributed by atoms with E-state index in [0.29, 0.717) is 41.6 Å². The molecule has 1 amide bonds. The Morgan fingerprint density at radius 3 is 2.73 bits per heavy atom. The smallest absolute Gasteiger partial charge is 0.296 e. The van der Waals surface area contributed by atoms with Gasteiger partial charge in [-0.1, -0.05) is 26.0 Å². The van der Waals surface area contributed by atoms with E-state index >= 15 is 0 Å². The third-order valence-electron chi connectivity index (χ3n) is 6.75. The lowest BCUT2D eigenvalue weighted by atomic mass is 9.94. The van der Waals surface area contributed by atoms with Crippen molar-refractivity contribution in [3.63, 3.8) is 0 Å². The second kappa shape index (κ2) is 10.2. The van der Waals surface area contributed by atoms with E-state index in [0.717, 1.165) is 17.7 Å². The van der Waals surface area contributed by atoms with Crippen LogP contribution in [0.3, 0.4) is 0 Å². The largest absolute Gasteiger partial charge is 0.507 e. The summed E-state index contributed by atoms with van der Waals surface area (Å²) in [5.41, 5.74) is 2.15. The number of carbonyl (C=O) groups is 2. The minimum atomic E-state index is -0.804. The van der Waals surface area contributed by atoms with E-state index in [4.69, 9.17) is 13.9 Å². The summed E-state index contributed by atoms with van der Waals surface area (Å²) in [5.74, 6) is 0.830. The fraction of sp³-hybridized carbons (Fsp3) is 0.333. The summed E-state index contributed by atoms with van der Waals surface area (Å²) in [4.78, 5) is 28.1. The number of carbonyl (C=O) groups excluding carboxylic acids is 2. The van der Waals surface area contributed by atoms with E-state index in [1.807, 2.05) is 37.3 Å². The number of amides is 1. The highest BCUT2D eigenvalue weighted by Crippen LogP contribution is 2.42. The number of likely N-dealkylation sites (tertiary alicyclic amines) is 1. The summed E-state index contributed by atoms with van der Waals surface area (Å²) in [6.45, 7) is 6.90. The van der Waals surface area contributed by atoms with Gasteiger partial charge in [0.25, 0.3) is 11.7 Å². The summed E-state index contributed by atoms with van der Waals surface area (Å²) in [6.07, 6.45) is 3.19. The van der Waals surface area contributed by atoms with Gasteiger partial charge in [0.05, 0.1) is 31.0 Å². The van der Waals surface area contributed by atoms with E-state index in [9.17, 15) is 14.7 Å². The SMILES string of the molecule is CC(C)CCOc1cccc(C2/C(=C(/O)c3ccc4c(c3)CC(C)O4)C(=O)C(=O)N2Cc2ccco2)c1. The van der Waals surface area contributed by atoms with Gasteiger partial charge in [0.2, 0.25) is 0 Å². The number of furan rings is 1. The number of benzene rings is 2. The van der Waals surface area contributed by atoms with Crippen LogP contribution in [-0.4, -0.2) is 34.4 Å². The van der Waals surface area contributed by atoms with Gasteiger partial charge in [-0.3, -0.25) is 9.59 Å². The van der Waals surface area contributed by atoms with Crippen LogP contribution < -0.4 is 9.47 Å². The van der Waals surface area contributed by atoms with Crippen molar-refractivity contribution in [2.75, 3.05) is 6.61 Å². The zero-order valence-electron chi connectivity index (χ0n) is 21.3. The van der Waals surface area contributed by atoms with Crippen LogP contribution >= 0.6 is 0 Å². The third kappa shape index (κ3) is 4.99. The number of Topliss-reactive ketones (excluding diaryl/α,β-unsaturated/α-hetero) is 1. The van der Waals surface area contributed by atoms with E-state index in [2.05, 4.69) is 13.8 Å². The Morgan fingerprint density at radius 2 is 1.97 bits per heavy atom. The molecular formula is C30H31NO6. The lowest BCUT2D eigenvalue weighted by molar-refractivity contribution is -0.140. The van der Waals surface area contributed by atoms with Crippen molar-refractivity contribution in [1.82, 2.24) is 4.90 Å². The summed E-state index contributed by atoms with van der Waals surface area (Å²) in [6, 6.07) is 15.4. The van der Waals surface area contributed by atoms with Crippen LogP contribution in [0.5, 0.6) is 11.5 Å². The predicted molar refractivity (Wildman–Crippen MR) is 138 cm³/mol. The molecule has 0 saturated carbocycles. The quantitative estimate of drug-likeness (QED) is 0.244. The Hall–Kier alpha value is -4.00. The number of fused-ring (bicyclic) bond motifs is 1. The molecule has 2 aliphatic rings. The average Bonchev–Trinajstić information content (AvgIpc) is 3.58. The van der Waals surface area contributed by atoms with Gasteiger partial charge in [-0.05, 0) is 72.9 Å². The maximum absolute atomic E-state index is 13.4. The van der Waals surface area contributed by atoms with Gasteiger partial charge >= 0.3 is 0 Å². The molecule has 0 radical (unpaired) electrons. The Labute approximate surface area is 216 Å². The zero-order valence-corrected chi connectivity index (χ0v) is 21.3. The van der Waals surface area contributed by atoms with Crippen LogP contribution in [0, 0.1) is 5.92 Å². The molecule has 1 fully saturated rings. The van der Waals surface area contributed by atoms with Crippen LogP contribution in [-0.2, 0) is 22.6 Å². The lowest BCUT2D eigenvalue weighted by Gasteiger charge is -2.25. The van der Waals surface area contributed by atoms with Crippen LogP contribution in [0.1, 0.15) is 55.7 Å². The first-order valence-electron chi connectivity index (χ1n) is 12.7. The van der Waals surface area contributed by atoms with Crippen LogP contribution in [0.15, 0.2) is 70.9 Å². The second-order valence-electron chi connectivity index (χ2n) is 10.1. The van der Waals surface area contributed by atoms with Crippen molar-refractivity contribution in [2.24, 2.45) is 5.92 Å². The van der Waals surface area contributed by atoms with Gasteiger partial charge in [0.1, 0.15) is 29.1 Å². The Morgan fingerprint density at radius 1 is 1.14 bits per heavy atom. The molecule has 0 aliphatic carbocycles. The fourth-order valence-electron chi connectivity index (χ4n) is 4.87. The molecule has 3 aromatic rings. The van der Waals surface area contributed by atoms with Crippen molar-refractivity contribution >= 4 is 17.4 Å². The van der Waals surface area contributed by atoms with Crippen LogP contribution in [0.4, 0.5) is 0 Å². The second-order valence-corrected chi connectivity index (χ2v) is 10.1. The molecule has 5 rings (SSSR count). The first-order valence-corrected chi connectivity index (χ1v) is 12.7. The number of nitrogens with zero attached hydrogens (tertiary/aromatic N) is 1. The summed E-state index contributed by atoms with van der Waals surface area (Å²) < 4.78 is 17.2. The highest BCUT2D eigenvalue weighted by atomic mass is 16.5. The molecule has 37 heavy (non-hydrogen) atoms. The summed E-state index contributed by atoms with van der Waals surface area (Å²) >= 11 is 0. The van der Waals surface area contributed by atoms with Crippen molar-refractivity contribution in [3.05, 3.63) is 88.9 Å². The molecular weight excluding hydrogens is 470 g/mol. The molecule has 2 aromatic carbocycles. The van der Waals surface area contributed by atoms with E-state index in [-0.39, 0.29) is 24.0 Å². The predicted octanol–water partition coefficient (Wildman–Crippen LogP) is 5.65. The molecule has 3 heterocycles. The van der Waals surface area contributed by atoms with Crippen LogP contribution in [0.25, 0.3) is 5.76 Å². The molecule has 192 valence electrons. The summed E-state index contributed by atoms with van der Waals surface area (Å²) in [5, 5.41) is 11.4. The molecule has 1 N–H and O–H groups in total. The van der Waals surface area contributed by atoms with E-state index in [1.165, 1.54) is 11.2 Å². The number of aliphatic hydroxyl groups is 1. The van der Waals surface area contributed by atoms with Gasteiger partial charge in [-0.15, -0.1) is 0 Å². The van der Waals surface area contributed by atoms with Gasteiger partial charge in [0.15, 0.2) is 0 Å². The molecule has 2 unspecified atom stereocenters. The zero-order chi connectivity index (χ0) is 26.1. The molecule has 0 bridgehead atoms. The first kappa shape index (κ1) is 24.7. The van der Waals surface area contributed by atoms with Crippen molar-refractivity contribution < 1.29 is 28.6 Å². The molecule has 7 heteroatoms. The molecule has 1 aromatic heterocycles. The maximum Gasteiger partial charge on any atom is 0.296 e. The first-order chi connectivity index (χ1) is 17.8. The van der Waals surface area contributed by atoms with E-state index in [1.54, 1.807) is 24.3 Å². The van der Waals surface area contributed by atoms with Crippen LogP contribution in [0.2, 0.25) is 0 Å². The number of ketones is 1. The molecule has 1 saturated heterocycles. The molecule has 0 spiro atoms. The topological polar surface area (TPSA) is 89.2 Å². The Balaban J connectivity index is 1.57. The monoisotopic (exact) mass is 501 g/mol. The van der Waals surface area contributed by atoms with Gasteiger partial charge in [0, 0.05) is 12.0 Å². The van der Waals surface area contributed by atoms with Gasteiger partial charge in [-0.25, -0.2) is 0 Å². The molecule has 7 nitrogen and oxygen atoms in total. The highest BCUT2D eigenvalue weighted by molar-refractivity contribution is 6.46. The third-order valence-corrected chi connectivity index (χ3v) is 6.75. The maximum atomic E-state index is 13.4. The number of aliphatic hydroxyl groups excluding tert-OH is 1. The van der Waals surface area contributed by atoms with Crippen molar-refractivity contribution in [1.29, 1.82) is 0 Å².